The molecule has 4 rings (SSSR count). The third-order valence-electron chi connectivity index (χ3n) is 5.38. The Labute approximate surface area is 180 Å². The smallest absolute Gasteiger partial charge is 0.261 e. The number of benzene rings is 1. The summed E-state index contributed by atoms with van der Waals surface area (Å²) in [6.07, 6.45) is 2.41. The minimum Gasteiger partial charge on any atom is -0.357 e. The van der Waals surface area contributed by atoms with E-state index in [-0.39, 0.29) is 36.8 Å². The topological polar surface area (TPSA) is 89.9 Å². The molecule has 9 heteroatoms. The first-order chi connectivity index (χ1) is 15.1. The number of amides is 2. The number of pyridine rings is 1. The number of carbonyl (C=O) groups excluding carboxylic acids is 2. The maximum Gasteiger partial charge on any atom is 0.261 e. The first kappa shape index (κ1) is 20.8. The molecule has 8 nitrogen and oxygen atoms in total. The molecule has 1 atom stereocenters. The molecule has 2 amide bonds. The van der Waals surface area contributed by atoms with Gasteiger partial charge >= 0.3 is 0 Å². The lowest BCUT2D eigenvalue weighted by molar-refractivity contribution is 0.0659. The Kier molecular flexibility index (Phi) is 6.11. The molecule has 0 bridgehead atoms. The first-order valence-corrected chi connectivity index (χ1v) is 10.4. The molecule has 1 unspecified atom stereocenters. The molecule has 2 aromatic rings. The van der Waals surface area contributed by atoms with Gasteiger partial charge in [0.2, 0.25) is 0 Å². The van der Waals surface area contributed by atoms with Gasteiger partial charge in [0, 0.05) is 38.4 Å². The first-order valence-electron chi connectivity index (χ1n) is 10.4. The number of aliphatic imine (C=N–C) groups is 1. The SMILES string of the molecule is CCNC(=NCCN1C(=O)c2ccccc2C1=O)NC1CCN(c2ncccc2F)C1. The van der Waals surface area contributed by atoms with Gasteiger partial charge in [0.25, 0.3) is 11.8 Å². The summed E-state index contributed by atoms with van der Waals surface area (Å²) < 4.78 is 14.0. The third kappa shape index (κ3) is 4.35. The zero-order chi connectivity index (χ0) is 21.8. The predicted octanol–water partition coefficient (Wildman–Crippen LogP) is 1.65. The van der Waals surface area contributed by atoms with Crippen molar-refractivity contribution in [2.45, 2.75) is 19.4 Å². The van der Waals surface area contributed by atoms with Crippen molar-refractivity contribution >= 4 is 23.6 Å². The van der Waals surface area contributed by atoms with Gasteiger partial charge in [-0.1, -0.05) is 12.1 Å². The summed E-state index contributed by atoms with van der Waals surface area (Å²) in [6, 6.07) is 9.91. The van der Waals surface area contributed by atoms with E-state index in [1.54, 1.807) is 36.5 Å². The average Bonchev–Trinajstić information content (AvgIpc) is 3.33. The summed E-state index contributed by atoms with van der Waals surface area (Å²) >= 11 is 0. The largest absolute Gasteiger partial charge is 0.357 e. The van der Waals surface area contributed by atoms with Crippen molar-refractivity contribution in [1.82, 2.24) is 20.5 Å². The van der Waals surface area contributed by atoms with Crippen molar-refractivity contribution in [1.29, 1.82) is 0 Å². The maximum atomic E-state index is 14.0. The fourth-order valence-corrected chi connectivity index (χ4v) is 3.90. The van der Waals surface area contributed by atoms with Crippen molar-refractivity contribution in [2.24, 2.45) is 4.99 Å². The van der Waals surface area contributed by atoms with Crippen LogP contribution in [0, 0.1) is 5.82 Å². The maximum absolute atomic E-state index is 14.0. The third-order valence-corrected chi connectivity index (χ3v) is 5.38. The number of hydrogen-bond donors (Lipinski definition) is 2. The fraction of sp³-hybridized carbons (Fsp3) is 0.364. The molecule has 2 aliphatic rings. The summed E-state index contributed by atoms with van der Waals surface area (Å²) in [7, 11) is 0. The van der Waals surface area contributed by atoms with Crippen LogP contribution < -0.4 is 15.5 Å². The highest BCUT2D eigenvalue weighted by molar-refractivity contribution is 6.21. The molecule has 1 saturated heterocycles. The van der Waals surface area contributed by atoms with Gasteiger partial charge in [0.05, 0.1) is 17.7 Å². The summed E-state index contributed by atoms with van der Waals surface area (Å²) in [4.78, 5) is 36.8. The number of carbonyl (C=O) groups is 2. The zero-order valence-corrected chi connectivity index (χ0v) is 17.3. The Morgan fingerprint density at radius 3 is 2.61 bits per heavy atom. The summed E-state index contributed by atoms with van der Waals surface area (Å²) in [5, 5.41) is 6.54. The van der Waals surface area contributed by atoms with Crippen LogP contribution in [-0.4, -0.2) is 66.4 Å². The van der Waals surface area contributed by atoms with Crippen LogP contribution in [0.4, 0.5) is 10.2 Å². The summed E-state index contributed by atoms with van der Waals surface area (Å²) in [5.41, 5.74) is 0.878. The molecule has 0 spiro atoms. The molecule has 3 heterocycles. The molecular weight excluding hydrogens is 399 g/mol. The highest BCUT2D eigenvalue weighted by atomic mass is 19.1. The molecular formula is C22H25FN6O2. The highest BCUT2D eigenvalue weighted by Crippen LogP contribution is 2.22. The average molecular weight is 424 g/mol. The second kappa shape index (κ2) is 9.11. The van der Waals surface area contributed by atoms with Crippen LogP contribution in [0.3, 0.4) is 0 Å². The number of nitrogens with zero attached hydrogens (tertiary/aromatic N) is 4. The van der Waals surface area contributed by atoms with E-state index in [0.717, 1.165) is 6.42 Å². The number of rotatable bonds is 6. The van der Waals surface area contributed by atoms with E-state index in [1.807, 2.05) is 11.8 Å². The molecule has 1 fully saturated rings. The van der Waals surface area contributed by atoms with Crippen LogP contribution in [0.5, 0.6) is 0 Å². The number of aromatic nitrogens is 1. The number of guanidine groups is 1. The summed E-state index contributed by atoms with van der Waals surface area (Å²) in [6.45, 7) is 4.43. The van der Waals surface area contributed by atoms with Crippen molar-refractivity contribution in [3.8, 4) is 0 Å². The van der Waals surface area contributed by atoms with Gasteiger partial charge in [-0.05, 0) is 37.6 Å². The number of hydrogen-bond acceptors (Lipinski definition) is 5. The molecule has 0 aliphatic carbocycles. The van der Waals surface area contributed by atoms with Gasteiger partial charge in [-0.15, -0.1) is 0 Å². The van der Waals surface area contributed by atoms with Crippen molar-refractivity contribution < 1.29 is 14.0 Å². The Bertz CT molecular complexity index is 976. The van der Waals surface area contributed by atoms with Crippen molar-refractivity contribution in [2.75, 3.05) is 37.6 Å². The molecule has 0 saturated carbocycles. The Morgan fingerprint density at radius 2 is 1.94 bits per heavy atom. The van der Waals surface area contributed by atoms with E-state index in [0.29, 0.717) is 42.5 Å². The molecule has 31 heavy (non-hydrogen) atoms. The van der Waals surface area contributed by atoms with E-state index in [9.17, 15) is 14.0 Å². The molecule has 0 radical (unpaired) electrons. The van der Waals surface area contributed by atoms with Crippen LogP contribution in [0.1, 0.15) is 34.1 Å². The van der Waals surface area contributed by atoms with Gasteiger partial charge < -0.3 is 15.5 Å². The molecule has 1 aromatic heterocycles. The second-order valence-corrected chi connectivity index (χ2v) is 7.45. The van der Waals surface area contributed by atoms with E-state index in [4.69, 9.17) is 0 Å². The quantitative estimate of drug-likeness (QED) is 0.416. The van der Waals surface area contributed by atoms with E-state index in [2.05, 4.69) is 20.6 Å². The normalized spacial score (nSPS) is 18.5. The molecule has 1 aromatic carbocycles. The van der Waals surface area contributed by atoms with E-state index < -0.39 is 0 Å². The van der Waals surface area contributed by atoms with Gasteiger partial charge in [0.1, 0.15) is 0 Å². The molecule has 162 valence electrons. The Hall–Kier alpha value is -3.49. The lowest BCUT2D eigenvalue weighted by Gasteiger charge is -2.20. The number of nitrogens with one attached hydrogen (secondary N) is 2. The molecule has 2 N–H and O–H groups in total. The van der Waals surface area contributed by atoms with Gasteiger partial charge in [0.15, 0.2) is 17.6 Å². The Balaban J connectivity index is 1.35. The second-order valence-electron chi connectivity index (χ2n) is 7.45. The summed E-state index contributed by atoms with van der Waals surface area (Å²) in [5.74, 6) is 0.0756. The lowest BCUT2D eigenvalue weighted by Crippen LogP contribution is -2.45. The number of fused-ring (bicyclic) bond motifs is 1. The zero-order valence-electron chi connectivity index (χ0n) is 17.3. The lowest BCUT2D eigenvalue weighted by atomic mass is 10.1. The van der Waals surface area contributed by atoms with Crippen LogP contribution in [0.15, 0.2) is 47.6 Å². The number of halogens is 1. The van der Waals surface area contributed by atoms with Crippen LogP contribution in [0.2, 0.25) is 0 Å². The fourth-order valence-electron chi connectivity index (χ4n) is 3.90. The number of anilines is 1. The standard InChI is InChI=1S/C22H25FN6O2/c1-2-24-22(27-15-9-12-28(14-15)19-18(23)8-5-10-25-19)26-11-13-29-20(30)16-6-3-4-7-17(16)21(29)31/h3-8,10,15H,2,9,11-14H2,1H3,(H2,24,26,27). The molecule has 2 aliphatic heterocycles. The van der Waals surface area contributed by atoms with Gasteiger partial charge in [-0.25, -0.2) is 9.37 Å². The minimum atomic E-state index is -0.329. The highest BCUT2D eigenvalue weighted by Gasteiger charge is 2.34. The number of imide groups is 1. The predicted molar refractivity (Wildman–Crippen MR) is 116 cm³/mol. The van der Waals surface area contributed by atoms with Crippen molar-refractivity contribution in [3.05, 3.63) is 59.5 Å². The Morgan fingerprint density at radius 1 is 1.19 bits per heavy atom. The van der Waals surface area contributed by atoms with Gasteiger partial charge in [-0.2, -0.15) is 0 Å². The monoisotopic (exact) mass is 424 g/mol. The minimum absolute atomic E-state index is 0.0820. The van der Waals surface area contributed by atoms with Crippen molar-refractivity contribution in [3.63, 3.8) is 0 Å². The van der Waals surface area contributed by atoms with E-state index in [1.165, 1.54) is 11.0 Å². The van der Waals surface area contributed by atoms with Gasteiger partial charge in [-0.3, -0.25) is 19.5 Å². The van der Waals surface area contributed by atoms with Crippen LogP contribution in [0.25, 0.3) is 0 Å². The van der Waals surface area contributed by atoms with Crippen LogP contribution >= 0.6 is 0 Å². The van der Waals surface area contributed by atoms with E-state index >= 15 is 0 Å². The van der Waals surface area contributed by atoms with Crippen LogP contribution in [-0.2, 0) is 0 Å².